The zero-order chi connectivity index (χ0) is 10.5. The van der Waals surface area contributed by atoms with Gasteiger partial charge in [-0.3, -0.25) is 5.10 Å². The second kappa shape index (κ2) is 5.51. The van der Waals surface area contributed by atoms with Gasteiger partial charge in [-0.25, -0.2) is 4.98 Å². The third-order valence-corrected chi connectivity index (χ3v) is 3.60. The third-order valence-electron chi connectivity index (χ3n) is 2.67. The molecule has 0 radical (unpaired) electrons. The van der Waals surface area contributed by atoms with Gasteiger partial charge in [-0.2, -0.15) is 0 Å². The number of aromatic nitrogens is 3. The number of aromatic amines is 1. The average Bonchev–Trinajstić information content (AvgIpc) is 2.84. The van der Waals surface area contributed by atoms with Crippen molar-refractivity contribution in [3.63, 3.8) is 0 Å². The molecule has 15 heavy (non-hydrogen) atoms. The molecule has 1 aromatic heterocycles. The van der Waals surface area contributed by atoms with E-state index >= 15 is 0 Å². The lowest BCUT2D eigenvalue weighted by Gasteiger charge is -2.08. The number of H-pyrrole nitrogens is 1. The summed E-state index contributed by atoms with van der Waals surface area (Å²) in [5.41, 5.74) is 0. The van der Waals surface area contributed by atoms with Gasteiger partial charge >= 0.3 is 0 Å². The van der Waals surface area contributed by atoms with Crippen LogP contribution in [0.2, 0.25) is 0 Å². The van der Waals surface area contributed by atoms with E-state index < -0.39 is 0 Å². The molecule has 2 N–H and O–H groups in total. The summed E-state index contributed by atoms with van der Waals surface area (Å²) in [4.78, 5) is 4.26. The van der Waals surface area contributed by atoms with Crippen molar-refractivity contribution in [2.75, 3.05) is 12.3 Å². The van der Waals surface area contributed by atoms with Crippen molar-refractivity contribution < 1.29 is 0 Å². The Morgan fingerprint density at radius 2 is 2.47 bits per heavy atom. The van der Waals surface area contributed by atoms with Crippen molar-refractivity contribution >= 4 is 11.8 Å². The van der Waals surface area contributed by atoms with Gasteiger partial charge < -0.3 is 5.32 Å². The number of aryl methyl sites for hydroxylation is 1. The molecule has 1 aliphatic heterocycles. The maximum atomic E-state index is 4.26. The minimum Gasteiger partial charge on any atom is -0.314 e. The van der Waals surface area contributed by atoms with Gasteiger partial charge in [0.2, 0.25) is 5.16 Å². The molecule has 1 saturated heterocycles. The van der Waals surface area contributed by atoms with Gasteiger partial charge in [-0.15, -0.1) is 5.10 Å². The molecule has 0 spiro atoms. The molecule has 1 fully saturated rings. The van der Waals surface area contributed by atoms with Crippen molar-refractivity contribution in [3.8, 4) is 0 Å². The maximum Gasteiger partial charge on any atom is 0.208 e. The summed E-state index contributed by atoms with van der Waals surface area (Å²) in [6.45, 7) is 3.14. The molecule has 4 nitrogen and oxygen atoms in total. The molecule has 0 saturated carbocycles. The topological polar surface area (TPSA) is 53.6 Å². The lowest BCUT2D eigenvalue weighted by molar-refractivity contribution is 0.553. The van der Waals surface area contributed by atoms with Crippen LogP contribution in [0.25, 0.3) is 0 Å². The van der Waals surface area contributed by atoms with Crippen LogP contribution in [0.15, 0.2) is 5.16 Å². The Balaban J connectivity index is 1.58. The number of nitrogens with zero attached hydrogens (tertiary/aromatic N) is 2. The van der Waals surface area contributed by atoms with Crippen LogP contribution >= 0.6 is 11.8 Å². The predicted octanol–water partition coefficient (Wildman–Crippen LogP) is 1.74. The van der Waals surface area contributed by atoms with Gasteiger partial charge in [0.05, 0.1) is 0 Å². The molecule has 84 valence electrons. The van der Waals surface area contributed by atoms with Crippen molar-refractivity contribution in [2.24, 2.45) is 0 Å². The predicted molar refractivity (Wildman–Crippen MR) is 62.1 cm³/mol. The highest BCUT2D eigenvalue weighted by Gasteiger charge is 2.13. The van der Waals surface area contributed by atoms with E-state index in [0.29, 0.717) is 0 Å². The monoisotopic (exact) mass is 226 g/mol. The SMILES string of the molecule is Cc1nc(SCCCC2CCCN2)n[nH]1. The number of thioether (sulfide) groups is 1. The van der Waals surface area contributed by atoms with Gasteiger partial charge in [0.25, 0.3) is 0 Å². The van der Waals surface area contributed by atoms with E-state index in [9.17, 15) is 0 Å². The molecule has 1 aliphatic rings. The van der Waals surface area contributed by atoms with Gasteiger partial charge in [0, 0.05) is 11.8 Å². The summed E-state index contributed by atoms with van der Waals surface area (Å²) in [6.07, 6.45) is 5.23. The van der Waals surface area contributed by atoms with Crippen LogP contribution in [-0.2, 0) is 0 Å². The minimum atomic E-state index is 0.763. The molecule has 0 amide bonds. The Morgan fingerprint density at radius 1 is 1.53 bits per heavy atom. The highest BCUT2D eigenvalue weighted by Crippen LogP contribution is 2.17. The Kier molecular flexibility index (Phi) is 4.02. The van der Waals surface area contributed by atoms with E-state index in [0.717, 1.165) is 22.8 Å². The van der Waals surface area contributed by atoms with Crippen molar-refractivity contribution in [1.29, 1.82) is 0 Å². The molecule has 2 heterocycles. The van der Waals surface area contributed by atoms with E-state index in [1.807, 2.05) is 6.92 Å². The number of nitrogens with one attached hydrogen (secondary N) is 2. The van der Waals surface area contributed by atoms with E-state index in [2.05, 4.69) is 20.5 Å². The quantitative estimate of drug-likeness (QED) is 0.593. The Bertz CT molecular complexity index is 293. The van der Waals surface area contributed by atoms with Crippen LogP contribution in [0.4, 0.5) is 0 Å². The van der Waals surface area contributed by atoms with E-state index in [4.69, 9.17) is 0 Å². The van der Waals surface area contributed by atoms with Crippen LogP contribution in [0.3, 0.4) is 0 Å². The highest BCUT2D eigenvalue weighted by molar-refractivity contribution is 7.99. The first kappa shape index (κ1) is 11.0. The lowest BCUT2D eigenvalue weighted by atomic mass is 10.1. The molecular weight excluding hydrogens is 208 g/mol. The first-order chi connectivity index (χ1) is 7.34. The molecule has 0 bridgehead atoms. The number of hydrogen-bond acceptors (Lipinski definition) is 4. The van der Waals surface area contributed by atoms with Gasteiger partial charge in [0.15, 0.2) is 0 Å². The molecular formula is C10H18N4S. The smallest absolute Gasteiger partial charge is 0.208 e. The van der Waals surface area contributed by atoms with E-state index in [1.54, 1.807) is 11.8 Å². The largest absolute Gasteiger partial charge is 0.314 e. The first-order valence-electron chi connectivity index (χ1n) is 5.60. The Morgan fingerprint density at radius 3 is 3.13 bits per heavy atom. The fourth-order valence-corrected chi connectivity index (χ4v) is 2.69. The average molecular weight is 226 g/mol. The zero-order valence-electron chi connectivity index (χ0n) is 9.12. The van der Waals surface area contributed by atoms with Crippen LogP contribution < -0.4 is 5.32 Å². The summed E-state index contributed by atoms with van der Waals surface area (Å²) in [5, 5.41) is 11.3. The summed E-state index contributed by atoms with van der Waals surface area (Å²) >= 11 is 1.74. The summed E-state index contributed by atoms with van der Waals surface area (Å²) in [7, 11) is 0. The molecule has 0 aromatic carbocycles. The lowest BCUT2D eigenvalue weighted by Crippen LogP contribution is -2.20. The van der Waals surface area contributed by atoms with Crippen LogP contribution in [0, 0.1) is 6.92 Å². The summed E-state index contributed by atoms with van der Waals surface area (Å²) in [6, 6.07) is 0.763. The normalized spacial score (nSPS) is 21.0. The highest BCUT2D eigenvalue weighted by atomic mass is 32.2. The number of rotatable bonds is 5. The fraction of sp³-hybridized carbons (Fsp3) is 0.800. The third kappa shape index (κ3) is 3.50. The Labute approximate surface area is 94.6 Å². The molecule has 2 rings (SSSR count). The summed E-state index contributed by atoms with van der Waals surface area (Å²) < 4.78 is 0. The molecule has 0 aliphatic carbocycles. The standard InChI is InChI=1S/C10H18N4S/c1-8-12-10(14-13-8)15-7-3-5-9-4-2-6-11-9/h9,11H,2-7H2,1H3,(H,12,13,14). The van der Waals surface area contributed by atoms with Crippen molar-refractivity contribution in [3.05, 3.63) is 5.82 Å². The number of hydrogen-bond donors (Lipinski definition) is 2. The second-order valence-corrected chi connectivity index (χ2v) is 5.05. The molecule has 1 unspecified atom stereocenters. The fourth-order valence-electron chi connectivity index (χ4n) is 1.88. The van der Waals surface area contributed by atoms with Crippen LogP contribution in [0.5, 0.6) is 0 Å². The molecule has 1 aromatic rings. The molecule has 5 heteroatoms. The van der Waals surface area contributed by atoms with Gasteiger partial charge in [0.1, 0.15) is 5.82 Å². The van der Waals surface area contributed by atoms with Crippen LogP contribution in [-0.4, -0.2) is 33.5 Å². The minimum absolute atomic E-state index is 0.763. The Hall–Kier alpha value is -0.550. The van der Waals surface area contributed by atoms with Crippen LogP contribution in [0.1, 0.15) is 31.5 Å². The van der Waals surface area contributed by atoms with Crippen molar-refractivity contribution in [1.82, 2.24) is 20.5 Å². The molecule has 1 atom stereocenters. The second-order valence-electron chi connectivity index (χ2n) is 3.99. The zero-order valence-corrected chi connectivity index (χ0v) is 9.94. The van der Waals surface area contributed by atoms with Crippen molar-refractivity contribution in [2.45, 2.75) is 43.8 Å². The van der Waals surface area contributed by atoms with Gasteiger partial charge in [-0.05, 0) is 39.2 Å². The summed E-state index contributed by atoms with van der Waals surface area (Å²) in [5.74, 6) is 2.02. The van der Waals surface area contributed by atoms with E-state index in [-0.39, 0.29) is 0 Å². The van der Waals surface area contributed by atoms with Gasteiger partial charge in [-0.1, -0.05) is 11.8 Å². The first-order valence-corrected chi connectivity index (χ1v) is 6.58. The maximum absolute atomic E-state index is 4.26. The van der Waals surface area contributed by atoms with E-state index in [1.165, 1.54) is 32.2 Å².